The summed E-state index contributed by atoms with van der Waals surface area (Å²) in [4.78, 5) is 2.40. The summed E-state index contributed by atoms with van der Waals surface area (Å²) < 4.78 is 0. The molecule has 0 aliphatic carbocycles. The molecular weight excluding hydrogens is 236 g/mol. The van der Waals surface area contributed by atoms with Crippen molar-refractivity contribution >= 4 is 0 Å². The average molecular weight is 262 g/mol. The van der Waals surface area contributed by atoms with E-state index in [4.69, 9.17) is 5.11 Å². The third-order valence-electron chi connectivity index (χ3n) is 3.91. The van der Waals surface area contributed by atoms with Crippen LogP contribution in [0.25, 0.3) is 0 Å². The molecule has 0 bridgehead atoms. The minimum atomic E-state index is 0.225. The molecule has 1 aromatic rings. The van der Waals surface area contributed by atoms with Gasteiger partial charge < -0.3 is 15.3 Å². The Hall–Kier alpha value is -0.900. The maximum atomic E-state index is 8.91. The van der Waals surface area contributed by atoms with E-state index in [2.05, 4.69) is 48.5 Å². The highest BCUT2D eigenvalue weighted by Gasteiger charge is 2.24. The van der Waals surface area contributed by atoms with Crippen molar-refractivity contribution < 1.29 is 5.11 Å². The van der Waals surface area contributed by atoms with Crippen molar-refractivity contribution in [3.63, 3.8) is 0 Å². The van der Waals surface area contributed by atoms with Gasteiger partial charge in [-0.15, -0.1) is 0 Å². The maximum absolute atomic E-state index is 8.91. The first-order chi connectivity index (χ1) is 9.17. The Morgan fingerprint density at radius 2 is 2.00 bits per heavy atom. The topological polar surface area (TPSA) is 35.5 Å². The van der Waals surface area contributed by atoms with Gasteiger partial charge in [0.1, 0.15) is 0 Å². The van der Waals surface area contributed by atoms with Crippen LogP contribution in [0.15, 0.2) is 24.3 Å². The van der Waals surface area contributed by atoms with Gasteiger partial charge in [0.25, 0.3) is 0 Å². The molecule has 1 aliphatic heterocycles. The predicted octanol–water partition coefficient (Wildman–Crippen LogP) is 1.44. The molecule has 1 saturated heterocycles. The molecule has 2 atom stereocenters. The first-order valence-electron chi connectivity index (χ1n) is 7.25. The minimum Gasteiger partial charge on any atom is -0.395 e. The van der Waals surface area contributed by atoms with Gasteiger partial charge in [-0.3, -0.25) is 0 Å². The van der Waals surface area contributed by atoms with E-state index in [1.807, 2.05) is 0 Å². The first-order valence-corrected chi connectivity index (χ1v) is 7.25. The number of aliphatic hydroxyl groups is 1. The van der Waals surface area contributed by atoms with Crippen LogP contribution in [0.1, 0.15) is 17.5 Å². The van der Waals surface area contributed by atoms with Gasteiger partial charge in [0.2, 0.25) is 0 Å². The van der Waals surface area contributed by atoms with Gasteiger partial charge in [0.05, 0.1) is 6.61 Å². The second kappa shape index (κ2) is 7.04. The number of piperidine rings is 1. The molecule has 2 unspecified atom stereocenters. The lowest BCUT2D eigenvalue weighted by molar-refractivity contribution is 0.163. The summed E-state index contributed by atoms with van der Waals surface area (Å²) in [6.45, 7) is 5.32. The third kappa shape index (κ3) is 4.60. The maximum Gasteiger partial charge on any atom is 0.0556 e. The smallest absolute Gasteiger partial charge is 0.0556 e. The average Bonchev–Trinajstić information content (AvgIpc) is 2.38. The summed E-state index contributed by atoms with van der Waals surface area (Å²) in [6.07, 6.45) is 2.36. The number of benzene rings is 1. The Balaban J connectivity index is 1.90. The van der Waals surface area contributed by atoms with E-state index in [1.165, 1.54) is 24.1 Å². The van der Waals surface area contributed by atoms with Crippen molar-refractivity contribution in [2.45, 2.75) is 25.8 Å². The molecular formula is C16H26N2O. The Kier molecular flexibility index (Phi) is 5.37. The normalized spacial score (nSPS) is 24.6. The van der Waals surface area contributed by atoms with E-state index < -0.39 is 0 Å². The number of aliphatic hydroxyl groups excluding tert-OH is 1. The highest BCUT2D eigenvalue weighted by Crippen LogP contribution is 2.20. The number of nitrogens with one attached hydrogen (secondary N) is 1. The number of likely N-dealkylation sites (N-methyl/N-ethyl adjacent to an activating group) is 1. The zero-order valence-corrected chi connectivity index (χ0v) is 12.1. The lowest BCUT2D eigenvalue weighted by Gasteiger charge is -2.36. The van der Waals surface area contributed by atoms with Gasteiger partial charge in [-0.25, -0.2) is 0 Å². The second-order valence-corrected chi connectivity index (χ2v) is 5.89. The quantitative estimate of drug-likeness (QED) is 0.843. The van der Waals surface area contributed by atoms with Crippen LogP contribution in [0.2, 0.25) is 0 Å². The number of rotatable bonds is 5. The van der Waals surface area contributed by atoms with Crippen LogP contribution in [0.3, 0.4) is 0 Å². The Morgan fingerprint density at radius 1 is 1.26 bits per heavy atom. The lowest BCUT2D eigenvalue weighted by atomic mass is 9.89. The summed E-state index contributed by atoms with van der Waals surface area (Å²) >= 11 is 0. The Labute approximate surface area is 116 Å². The van der Waals surface area contributed by atoms with Crippen LogP contribution in [-0.4, -0.2) is 49.3 Å². The third-order valence-corrected chi connectivity index (χ3v) is 3.91. The van der Waals surface area contributed by atoms with Crippen molar-refractivity contribution in [2.75, 3.05) is 33.3 Å². The fourth-order valence-electron chi connectivity index (χ4n) is 3.06. The molecule has 0 saturated carbocycles. The van der Waals surface area contributed by atoms with Crippen molar-refractivity contribution in [3.05, 3.63) is 35.4 Å². The van der Waals surface area contributed by atoms with Crippen LogP contribution in [0, 0.1) is 12.8 Å². The summed E-state index contributed by atoms with van der Waals surface area (Å²) in [6, 6.07) is 9.41. The first kappa shape index (κ1) is 14.5. The molecule has 1 aliphatic rings. The molecule has 0 aromatic heterocycles. The van der Waals surface area contributed by atoms with Crippen LogP contribution in [0.4, 0.5) is 0 Å². The van der Waals surface area contributed by atoms with Crippen molar-refractivity contribution in [2.24, 2.45) is 5.92 Å². The van der Waals surface area contributed by atoms with Crippen molar-refractivity contribution in [1.29, 1.82) is 0 Å². The lowest BCUT2D eigenvalue weighted by Crippen LogP contribution is -2.48. The molecule has 19 heavy (non-hydrogen) atoms. The Bertz CT molecular complexity index is 377. The molecule has 0 spiro atoms. The van der Waals surface area contributed by atoms with Crippen molar-refractivity contribution in [3.8, 4) is 0 Å². The van der Waals surface area contributed by atoms with Crippen LogP contribution in [0.5, 0.6) is 0 Å². The molecule has 0 amide bonds. The zero-order valence-electron chi connectivity index (χ0n) is 12.1. The van der Waals surface area contributed by atoms with E-state index >= 15 is 0 Å². The van der Waals surface area contributed by atoms with E-state index in [1.54, 1.807) is 0 Å². The van der Waals surface area contributed by atoms with Crippen molar-refractivity contribution in [1.82, 2.24) is 10.2 Å². The molecule has 3 heteroatoms. The van der Waals surface area contributed by atoms with E-state index in [0.29, 0.717) is 18.5 Å². The summed E-state index contributed by atoms with van der Waals surface area (Å²) in [5.41, 5.74) is 2.76. The van der Waals surface area contributed by atoms with E-state index in [0.717, 1.165) is 13.0 Å². The van der Waals surface area contributed by atoms with Gasteiger partial charge in [-0.05, 0) is 38.3 Å². The van der Waals surface area contributed by atoms with E-state index in [9.17, 15) is 0 Å². The van der Waals surface area contributed by atoms with Crippen LogP contribution in [-0.2, 0) is 6.42 Å². The molecule has 2 N–H and O–H groups in total. The number of hydrogen-bond donors (Lipinski definition) is 2. The minimum absolute atomic E-state index is 0.225. The van der Waals surface area contributed by atoms with Crippen LogP contribution >= 0.6 is 0 Å². The highest BCUT2D eigenvalue weighted by molar-refractivity contribution is 5.21. The highest BCUT2D eigenvalue weighted by atomic mass is 16.3. The number of nitrogens with zero attached hydrogens (tertiary/aromatic N) is 1. The zero-order chi connectivity index (χ0) is 13.7. The van der Waals surface area contributed by atoms with E-state index in [-0.39, 0.29) is 6.61 Å². The number of likely N-dealkylation sites (tertiary alicyclic amines) is 1. The molecule has 2 rings (SSSR count). The largest absolute Gasteiger partial charge is 0.395 e. The monoisotopic (exact) mass is 262 g/mol. The van der Waals surface area contributed by atoms with Gasteiger partial charge in [-0.2, -0.15) is 0 Å². The van der Waals surface area contributed by atoms with Gasteiger partial charge in [0.15, 0.2) is 0 Å². The van der Waals surface area contributed by atoms with Gasteiger partial charge >= 0.3 is 0 Å². The van der Waals surface area contributed by atoms with Gasteiger partial charge in [0, 0.05) is 25.7 Å². The molecule has 106 valence electrons. The fourth-order valence-corrected chi connectivity index (χ4v) is 3.06. The second-order valence-electron chi connectivity index (χ2n) is 5.89. The number of aryl methyl sites for hydroxylation is 1. The standard InChI is InChI=1S/C16H26N2O/c1-13-3-5-14(6-4-13)9-15-10-16(17-7-8-19)12-18(2)11-15/h3-6,15-17,19H,7-12H2,1-2H3. The molecule has 3 nitrogen and oxygen atoms in total. The van der Waals surface area contributed by atoms with Gasteiger partial charge in [-0.1, -0.05) is 29.8 Å². The SMILES string of the molecule is Cc1ccc(CC2CC(NCCO)CN(C)C2)cc1. The molecule has 1 heterocycles. The summed E-state index contributed by atoms with van der Waals surface area (Å²) in [5.74, 6) is 0.706. The van der Waals surface area contributed by atoms with Crippen LogP contribution < -0.4 is 5.32 Å². The molecule has 1 fully saturated rings. The fraction of sp³-hybridized carbons (Fsp3) is 0.625. The molecule has 0 radical (unpaired) electrons. The summed E-state index contributed by atoms with van der Waals surface area (Å²) in [7, 11) is 2.19. The summed E-state index contributed by atoms with van der Waals surface area (Å²) in [5, 5.41) is 12.3. The number of hydrogen-bond acceptors (Lipinski definition) is 3. The predicted molar refractivity (Wildman–Crippen MR) is 79.4 cm³/mol. The molecule has 1 aromatic carbocycles. The Morgan fingerprint density at radius 3 is 2.68 bits per heavy atom.